The van der Waals surface area contributed by atoms with Crippen LogP contribution in [0.15, 0.2) is 12.1 Å². The first-order chi connectivity index (χ1) is 11.0. The third-order valence-electron chi connectivity index (χ3n) is 5.18. The molecule has 3 heterocycles. The fourth-order valence-corrected chi connectivity index (χ4v) is 3.90. The van der Waals surface area contributed by atoms with Gasteiger partial charge in [0.15, 0.2) is 0 Å². The maximum atomic E-state index is 13.0. The van der Waals surface area contributed by atoms with Gasteiger partial charge < -0.3 is 9.80 Å². The van der Waals surface area contributed by atoms with E-state index in [4.69, 9.17) is 0 Å². The Bertz CT molecular complexity index is 663. The van der Waals surface area contributed by atoms with E-state index in [1.165, 1.54) is 0 Å². The predicted octanol–water partition coefficient (Wildman–Crippen LogP) is 2.49. The van der Waals surface area contributed by atoms with Crippen LogP contribution in [-0.4, -0.2) is 41.5 Å². The smallest absolute Gasteiger partial charge is 0.230 e. The van der Waals surface area contributed by atoms with Crippen molar-refractivity contribution in [2.45, 2.75) is 46.1 Å². The zero-order chi connectivity index (χ0) is 16.6. The molecule has 0 bridgehead atoms. The third kappa shape index (κ3) is 2.67. The van der Waals surface area contributed by atoms with Crippen LogP contribution >= 0.6 is 0 Å². The molecule has 0 radical (unpaired) electrons. The number of pyridine rings is 1. The minimum Gasteiger partial charge on any atom is -0.354 e. The number of nitrogens with zero attached hydrogens (tertiary/aromatic N) is 4. The molecule has 1 spiro atoms. The summed E-state index contributed by atoms with van der Waals surface area (Å²) in [6.45, 7) is 8.44. The minimum absolute atomic E-state index is 0.250. The summed E-state index contributed by atoms with van der Waals surface area (Å²) in [5.41, 5.74) is 1.20. The third-order valence-corrected chi connectivity index (χ3v) is 5.18. The molecule has 122 valence electrons. The zero-order valence-electron chi connectivity index (χ0n) is 14.2. The van der Waals surface area contributed by atoms with E-state index in [1.807, 2.05) is 24.0 Å². The van der Waals surface area contributed by atoms with Gasteiger partial charge in [-0.05, 0) is 52.2 Å². The molecule has 0 N–H and O–H groups in total. The Morgan fingerprint density at radius 1 is 1.30 bits per heavy atom. The highest BCUT2D eigenvalue weighted by molar-refractivity contribution is 5.85. The van der Waals surface area contributed by atoms with E-state index in [0.717, 1.165) is 43.9 Å². The Labute approximate surface area is 137 Å². The van der Waals surface area contributed by atoms with Crippen LogP contribution in [0, 0.1) is 23.7 Å². The van der Waals surface area contributed by atoms with Crippen molar-refractivity contribution in [3.05, 3.63) is 23.4 Å². The maximum absolute atomic E-state index is 13.0. The molecule has 0 aliphatic carbocycles. The molecule has 3 rings (SSSR count). The number of carbonyl (C=O) groups excluding carboxylic acids is 1. The molecule has 1 amide bonds. The van der Waals surface area contributed by atoms with Crippen LogP contribution in [0.5, 0.6) is 0 Å². The number of piperidine rings is 1. The lowest BCUT2D eigenvalue weighted by Crippen LogP contribution is -2.52. The van der Waals surface area contributed by atoms with E-state index in [-0.39, 0.29) is 17.4 Å². The molecule has 5 heteroatoms. The monoisotopic (exact) mass is 312 g/mol. The van der Waals surface area contributed by atoms with Crippen molar-refractivity contribution in [2.24, 2.45) is 5.41 Å². The van der Waals surface area contributed by atoms with E-state index >= 15 is 0 Å². The Balaban J connectivity index is 1.87. The lowest BCUT2D eigenvalue weighted by atomic mass is 9.78. The normalized spacial score (nSPS) is 24.6. The number of anilines is 1. The number of hydrogen-bond donors (Lipinski definition) is 0. The van der Waals surface area contributed by atoms with E-state index in [0.29, 0.717) is 12.1 Å². The van der Waals surface area contributed by atoms with E-state index < -0.39 is 0 Å². The fraction of sp³-hybridized carbons (Fsp3) is 0.611. The molecule has 0 aromatic carbocycles. The maximum Gasteiger partial charge on any atom is 0.230 e. The summed E-state index contributed by atoms with van der Waals surface area (Å²) in [6.07, 6.45) is 2.86. The van der Waals surface area contributed by atoms with Crippen molar-refractivity contribution in [1.29, 1.82) is 5.26 Å². The van der Waals surface area contributed by atoms with Crippen LogP contribution in [0.1, 0.15) is 44.4 Å². The van der Waals surface area contributed by atoms with E-state index in [2.05, 4.69) is 29.8 Å². The molecular formula is C18H24N4O. The molecule has 2 aliphatic rings. The van der Waals surface area contributed by atoms with Gasteiger partial charge in [0, 0.05) is 31.4 Å². The van der Waals surface area contributed by atoms with Crippen molar-refractivity contribution >= 4 is 11.7 Å². The van der Waals surface area contributed by atoms with Crippen LogP contribution < -0.4 is 4.90 Å². The number of aromatic nitrogens is 1. The van der Waals surface area contributed by atoms with Gasteiger partial charge in [-0.2, -0.15) is 5.26 Å². The van der Waals surface area contributed by atoms with E-state index in [9.17, 15) is 10.1 Å². The van der Waals surface area contributed by atoms with Gasteiger partial charge in [0.05, 0.1) is 11.0 Å². The topological polar surface area (TPSA) is 60.2 Å². The van der Waals surface area contributed by atoms with Crippen LogP contribution in [0.2, 0.25) is 0 Å². The largest absolute Gasteiger partial charge is 0.354 e. The Kier molecular flexibility index (Phi) is 4.01. The highest BCUT2D eigenvalue weighted by atomic mass is 16.2. The fourth-order valence-electron chi connectivity index (χ4n) is 3.90. The SMILES string of the molecule is Cc1ccc(C#N)c(N2CCC3(CCCN(C(C)C)C3=O)C2)n1. The molecule has 5 nitrogen and oxygen atoms in total. The first-order valence-electron chi connectivity index (χ1n) is 8.41. The highest BCUT2D eigenvalue weighted by Gasteiger charge is 2.49. The minimum atomic E-state index is -0.291. The molecule has 1 atom stereocenters. The van der Waals surface area contributed by atoms with Gasteiger partial charge in [-0.25, -0.2) is 4.98 Å². The molecule has 1 unspecified atom stereocenters. The second-order valence-corrected chi connectivity index (χ2v) is 7.08. The summed E-state index contributed by atoms with van der Waals surface area (Å²) >= 11 is 0. The number of carbonyl (C=O) groups is 1. The molecule has 1 aromatic heterocycles. The predicted molar refractivity (Wildman–Crippen MR) is 89.0 cm³/mol. The van der Waals surface area contributed by atoms with Gasteiger partial charge in [-0.3, -0.25) is 4.79 Å². The van der Waals surface area contributed by atoms with E-state index in [1.54, 1.807) is 0 Å². The first-order valence-corrected chi connectivity index (χ1v) is 8.41. The molecule has 23 heavy (non-hydrogen) atoms. The Morgan fingerprint density at radius 3 is 2.78 bits per heavy atom. The summed E-state index contributed by atoms with van der Waals surface area (Å²) in [7, 11) is 0. The quantitative estimate of drug-likeness (QED) is 0.842. The van der Waals surface area contributed by atoms with Crippen molar-refractivity contribution in [3.8, 4) is 6.07 Å². The number of hydrogen-bond acceptors (Lipinski definition) is 4. The van der Waals surface area contributed by atoms with Crippen LogP contribution in [0.25, 0.3) is 0 Å². The Morgan fingerprint density at radius 2 is 2.09 bits per heavy atom. The van der Waals surface area contributed by atoms with Crippen molar-refractivity contribution in [1.82, 2.24) is 9.88 Å². The average molecular weight is 312 g/mol. The van der Waals surface area contributed by atoms with Gasteiger partial charge in [-0.1, -0.05) is 0 Å². The van der Waals surface area contributed by atoms with Crippen LogP contribution in [-0.2, 0) is 4.79 Å². The number of nitriles is 1. The second-order valence-electron chi connectivity index (χ2n) is 7.08. The van der Waals surface area contributed by atoms with Crippen molar-refractivity contribution in [3.63, 3.8) is 0 Å². The second kappa shape index (κ2) is 5.84. The van der Waals surface area contributed by atoms with Gasteiger partial charge in [0.2, 0.25) is 5.91 Å². The average Bonchev–Trinajstić information content (AvgIpc) is 2.95. The number of amides is 1. The molecule has 2 fully saturated rings. The summed E-state index contributed by atoms with van der Waals surface area (Å²) in [5, 5.41) is 9.35. The molecule has 1 aromatic rings. The Hall–Kier alpha value is -2.09. The highest BCUT2D eigenvalue weighted by Crippen LogP contribution is 2.42. The lowest BCUT2D eigenvalue weighted by molar-refractivity contribution is -0.147. The molecule has 2 aliphatic heterocycles. The number of aryl methyl sites for hydroxylation is 1. The molecular weight excluding hydrogens is 288 g/mol. The van der Waals surface area contributed by atoms with Gasteiger partial charge >= 0.3 is 0 Å². The number of rotatable bonds is 2. The summed E-state index contributed by atoms with van der Waals surface area (Å²) in [6, 6.07) is 6.17. The molecule has 0 saturated carbocycles. The lowest BCUT2D eigenvalue weighted by Gasteiger charge is -2.41. The standard InChI is InChI=1S/C18H24N4O/c1-13(2)22-9-4-7-18(17(22)23)8-10-21(12-18)16-15(11-19)6-5-14(3)20-16/h5-6,13H,4,7-10,12H2,1-3H3. The summed E-state index contributed by atoms with van der Waals surface area (Å²) in [5.74, 6) is 1.02. The number of likely N-dealkylation sites (tertiary alicyclic amines) is 1. The first kappa shape index (κ1) is 15.8. The van der Waals surface area contributed by atoms with Gasteiger partial charge in [0.25, 0.3) is 0 Å². The zero-order valence-corrected chi connectivity index (χ0v) is 14.2. The van der Waals surface area contributed by atoms with Crippen molar-refractivity contribution in [2.75, 3.05) is 24.5 Å². The van der Waals surface area contributed by atoms with Crippen LogP contribution in [0.4, 0.5) is 5.82 Å². The van der Waals surface area contributed by atoms with Crippen molar-refractivity contribution < 1.29 is 4.79 Å². The summed E-state index contributed by atoms with van der Waals surface area (Å²) < 4.78 is 0. The van der Waals surface area contributed by atoms with Gasteiger partial charge in [-0.15, -0.1) is 0 Å². The van der Waals surface area contributed by atoms with Gasteiger partial charge in [0.1, 0.15) is 11.9 Å². The summed E-state index contributed by atoms with van der Waals surface area (Å²) in [4.78, 5) is 21.7. The molecule has 2 saturated heterocycles. The van der Waals surface area contributed by atoms with Crippen LogP contribution in [0.3, 0.4) is 0 Å².